The molecule has 1 rings (SSSR count). The Balaban J connectivity index is 2.69. The Morgan fingerprint density at radius 1 is 1.25 bits per heavy atom. The second kappa shape index (κ2) is 6.80. The van der Waals surface area contributed by atoms with Crippen LogP contribution in [0.3, 0.4) is 0 Å². The van der Waals surface area contributed by atoms with E-state index in [1.807, 2.05) is 12.1 Å². The van der Waals surface area contributed by atoms with E-state index < -0.39 is 0 Å². The van der Waals surface area contributed by atoms with Gasteiger partial charge in [0, 0.05) is 5.88 Å². The summed E-state index contributed by atoms with van der Waals surface area (Å²) in [5.41, 5.74) is 1.26. The molecule has 1 atom stereocenters. The fourth-order valence-corrected chi connectivity index (χ4v) is 2.29. The highest BCUT2D eigenvalue weighted by atomic mass is 35.5. The van der Waals surface area contributed by atoms with Gasteiger partial charge in [-0.25, -0.2) is 0 Å². The first-order chi connectivity index (χ1) is 7.67. The number of methoxy groups -OCH3 is 1. The number of ether oxygens (including phenoxy) is 1. The predicted molar refractivity (Wildman–Crippen MR) is 70.4 cm³/mol. The monoisotopic (exact) mass is 240 g/mol. The highest BCUT2D eigenvalue weighted by Gasteiger charge is 2.13. The molecule has 0 saturated carbocycles. The maximum atomic E-state index is 6.02. The molecule has 2 heteroatoms. The lowest BCUT2D eigenvalue weighted by Gasteiger charge is -2.17. The van der Waals surface area contributed by atoms with Gasteiger partial charge in [-0.15, -0.1) is 11.6 Å². The summed E-state index contributed by atoms with van der Waals surface area (Å²) in [6, 6.07) is 8.19. The molecule has 0 aliphatic rings. The number of rotatable bonds is 6. The lowest BCUT2D eigenvalue weighted by Crippen LogP contribution is -2.10. The van der Waals surface area contributed by atoms with Gasteiger partial charge < -0.3 is 4.74 Å². The zero-order chi connectivity index (χ0) is 12.0. The van der Waals surface area contributed by atoms with Gasteiger partial charge in [0.1, 0.15) is 5.75 Å². The van der Waals surface area contributed by atoms with Gasteiger partial charge in [0.05, 0.1) is 7.11 Å². The van der Waals surface area contributed by atoms with Gasteiger partial charge >= 0.3 is 0 Å². The summed E-state index contributed by atoms with van der Waals surface area (Å²) in [5.74, 6) is 2.92. The number of hydrogen-bond acceptors (Lipinski definition) is 1. The van der Waals surface area contributed by atoms with Crippen LogP contribution in [0.15, 0.2) is 24.3 Å². The zero-order valence-corrected chi connectivity index (χ0v) is 11.1. The highest BCUT2D eigenvalue weighted by molar-refractivity contribution is 6.18. The molecule has 0 saturated heterocycles. The summed E-state index contributed by atoms with van der Waals surface area (Å²) in [6.45, 7) is 4.48. The van der Waals surface area contributed by atoms with Crippen molar-refractivity contribution < 1.29 is 4.74 Å². The Hall–Kier alpha value is -0.690. The van der Waals surface area contributed by atoms with Gasteiger partial charge in [0.15, 0.2) is 0 Å². The van der Waals surface area contributed by atoms with Crippen molar-refractivity contribution in [3.8, 4) is 5.75 Å². The van der Waals surface area contributed by atoms with Crippen molar-refractivity contribution in [2.24, 2.45) is 11.8 Å². The maximum Gasteiger partial charge on any atom is 0.122 e. The molecule has 1 aromatic rings. The van der Waals surface area contributed by atoms with Crippen molar-refractivity contribution >= 4 is 11.6 Å². The van der Waals surface area contributed by atoms with E-state index in [0.717, 1.165) is 18.1 Å². The summed E-state index contributed by atoms with van der Waals surface area (Å²) in [5, 5.41) is 0. The van der Waals surface area contributed by atoms with Gasteiger partial charge in [-0.2, -0.15) is 0 Å². The van der Waals surface area contributed by atoms with E-state index in [4.69, 9.17) is 16.3 Å². The van der Waals surface area contributed by atoms with Gasteiger partial charge in [-0.05, 0) is 36.3 Å². The van der Waals surface area contributed by atoms with E-state index in [0.29, 0.717) is 11.8 Å². The molecule has 0 aliphatic heterocycles. The van der Waals surface area contributed by atoms with E-state index in [2.05, 4.69) is 26.0 Å². The quantitative estimate of drug-likeness (QED) is 0.679. The third-order valence-electron chi connectivity index (χ3n) is 2.72. The van der Waals surface area contributed by atoms with E-state index in [1.54, 1.807) is 7.11 Å². The Morgan fingerprint density at radius 2 is 1.94 bits per heavy atom. The molecular formula is C14H21ClO. The maximum absolute atomic E-state index is 6.02. The van der Waals surface area contributed by atoms with Crippen LogP contribution >= 0.6 is 11.6 Å². The van der Waals surface area contributed by atoms with Crippen LogP contribution in [0.25, 0.3) is 0 Å². The van der Waals surface area contributed by atoms with Crippen LogP contribution in [0.2, 0.25) is 0 Å². The first kappa shape index (κ1) is 13.4. The largest absolute Gasteiger partial charge is 0.496 e. The summed E-state index contributed by atoms with van der Waals surface area (Å²) >= 11 is 6.02. The molecule has 0 aliphatic carbocycles. The molecule has 0 heterocycles. The summed E-state index contributed by atoms with van der Waals surface area (Å²) < 4.78 is 5.35. The summed E-state index contributed by atoms with van der Waals surface area (Å²) in [7, 11) is 1.72. The molecule has 0 N–H and O–H groups in total. The van der Waals surface area contributed by atoms with Crippen LogP contribution in [0, 0.1) is 11.8 Å². The Labute approximate surface area is 104 Å². The van der Waals surface area contributed by atoms with Crippen LogP contribution in [-0.4, -0.2) is 13.0 Å². The lowest BCUT2D eigenvalue weighted by atomic mass is 9.92. The van der Waals surface area contributed by atoms with Crippen LogP contribution in [0.1, 0.15) is 25.8 Å². The van der Waals surface area contributed by atoms with Crippen molar-refractivity contribution in [2.45, 2.75) is 26.7 Å². The van der Waals surface area contributed by atoms with E-state index in [1.165, 1.54) is 12.0 Å². The number of para-hydroxylation sites is 1. The predicted octanol–water partition coefficient (Wildman–Crippen LogP) is 4.14. The topological polar surface area (TPSA) is 9.23 Å². The van der Waals surface area contributed by atoms with Crippen LogP contribution in [0.5, 0.6) is 5.75 Å². The van der Waals surface area contributed by atoms with E-state index >= 15 is 0 Å². The van der Waals surface area contributed by atoms with E-state index in [9.17, 15) is 0 Å². The molecule has 1 unspecified atom stereocenters. The smallest absolute Gasteiger partial charge is 0.122 e. The lowest BCUT2D eigenvalue weighted by molar-refractivity contribution is 0.396. The van der Waals surface area contributed by atoms with Crippen LogP contribution < -0.4 is 4.74 Å². The molecule has 0 aromatic heterocycles. The fourth-order valence-electron chi connectivity index (χ4n) is 2.05. The number of alkyl halides is 1. The molecule has 0 spiro atoms. The third-order valence-corrected chi connectivity index (χ3v) is 3.16. The molecule has 16 heavy (non-hydrogen) atoms. The molecule has 0 bridgehead atoms. The minimum Gasteiger partial charge on any atom is -0.496 e. The minimum absolute atomic E-state index is 0.540. The highest BCUT2D eigenvalue weighted by Crippen LogP contribution is 2.24. The molecular weight excluding hydrogens is 220 g/mol. The Morgan fingerprint density at radius 3 is 2.50 bits per heavy atom. The van der Waals surface area contributed by atoms with Gasteiger partial charge in [0.25, 0.3) is 0 Å². The minimum atomic E-state index is 0.540. The summed E-state index contributed by atoms with van der Waals surface area (Å²) in [4.78, 5) is 0. The fraction of sp³-hybridized carbons (Fsp3) is 0.571. The summed E-state index contributed by atoms with van der Waals surface area (Å²) in [6.07, 6.45) is 2.17. The van der Waals surface area contributed by atoms with Gasteiger partial charge in [0.2, 0.25) is 0 Å². The van der Waals surface area contributed by atoms with Crippen LogP contribution in [0.4, 0.5) is 0 Å². The molecule has 90 valence electrons. The molecule has 0 amide bonds. The third kappa shape index (κ3) is 4.05. The number of halogens is 1. The number of benzene rings is 1. The van der Waals surface area contributed by atoms with Gasteiger partial charge in [-0.3, -0.25) is 0 Å². The Bertz CT molecular complexity index is 309. The van der Waals surface area contributed by atoms with Crippen molar-refractivity contribution in [3.05, 3.63) is 29.8 Å². The SMILES string of the molecule is COc1ccccc1CC(CCl)CC(C)C. The van der Waals surface area contributed by atoms with Crippen molar-refractivity contribution in [2.75, 3.05) is 13.0 Å². The molecule has 0 fully saturated rings. The van der Waals surface area contributed by atoms with E-state index in [-0.39, 0.29) is 0 Å². The van der Waals surface area contributed by atoms with Crippen molar-refractivity contribution in [1.29, 1.82) is 0 Å². The molecule has 1 nitrogen and oxygen atoms in total. The molecule has 1 aromatic carbocycles. The van der Waals surface area contributed by atoms with Crippen molar-refractivity contribution in [3.63, 3.8) is 0 Å². The second-order valence-corrected chi connectivity index (χ2v) is 4.97. The normalized spacial score (nSPS) is 12.8. The Kier molecular flexibility index (Phi) is 5.68. The van der Waals surface area contributed by atoms with Crippen molar-refractivity contribution in [1.82, 2.24) is 0 Å². The molecule has 0 radical (unpaired) electrons. The first-order valence-electron chi connectivity index (χ1n) is 5.85. The zero-order valence-electron chi connectivity index (χ0n) is 10.4. The second-order valence-electron chi connectivity index (χ2n) is 4.67. The van der Waals surface area contributed by atoms with Crippen LogP contribution in [-0.2, 0) is 6.42 Å². The van der Waals surface area contributed by atoms with Gasteiger partial charge in [-0.1, -0.05) is 32.0 Å². The average molecular weight is 241 g/mol. The number of hydrogen-bond donors (Lipinski definition) is 0. The average Bonchev–Trinajstić information content (AvgIpc) is 2.28. The standard InChI is InChI=1S/C14H21ClO/c1-11(2)8-12(10-15)9-13-6-4-5-7-14(13)16-3/h4-7,11-12H,8-10H2,1-3H3. The first-order valence-corrected chi connectivity index (χ1v) is 6.38.